The van der Waals surface area contributed by atoms with Gasteiger partial charge in [-0.2, -0.15) is 5.26 Å². The first-order valence-electron chi connectivity index (χ1n) is 8.08. The minimum atomic E-state index is -0.325. The van der Waals surface area contributed by atoms with Gasteiger partial charge in [0.2, 0.25) is 0 Å². The maximum atomic E-state index is 9.39. The molecule has 0 amide bonds. The van der Waals surface area contributed by atoms with E-state index in [1.807, 2.05) is 0 Å². The maximum Gasteiger partial charge on any atom is 0.106 e. The van der Waals surface area contributed by atoms with Crippen molar-refractivity contribution in [3.05, 3.63) is 0 Å². The molecule has 0 saturated carbocycles. The average molecular weight is 281 g/mol. The first-order chi connectivity index (χ1) is 9.65. The minimum Gasteiger partial charge on any atom is -0.381 e. The molecule has 4 heteroatoms. The van der Waals surface area contributed by atoms with Crippen LogP contribution in [-0.4, -0.2) is 50.3 Å². The Morgan fingerprint density at radius 2 is 2.05 bits per heavy atom. The van der Waals surface area contributed by atoms with E-state index in [2.05, 4.69) is 37.2 Å². The standard InChI is InChI=1S/C16H31N3O/c1-4-16(14-17,18-5-2)9-6-10-19(3)13-15-7-11-20-12-8-15/h15,18H,4-13H2,1-3H3. The van der Waals surface area contributed by atoms with Crippen molar-refractivity contribution in [1.82, 2.24) is 10.2 Å². The van der Waals surface area contributed by atoms with Crippen LogP contribution in [0.2, 0.25) is 0 Å². The molecule has 0 bridgehead atoms. The lowest BCUT2D eigenvalue weighted by molar-refractivity contribution is 0.0554. The maximum absolute atomic E-state index is 9.39. The summed E-state index contributed by atoms with van der Waals surface area (Å²) < 4.78 is 5.40. The molecule has 0 spiro atoms. The number of rotatable bonds is 9. The lowest BCUT2D eigenvalue weighted by atomic mass is 9.91. The van der Waals surface area contributed by atoms with Crippen molar-refractivity contribution in [3.63, 3.8) is 0 Å². The van der Waals surface area contributed by atoms with Crippen molar-refractivity contribution in [1.29, 1.82) is 5.26 Å². The SMILES string of the molecule is CCNC(C#N)(CC)CCCN(C)CC1CCOCC1. The normalized spacial score (nSPS) is 19.8. The van der Waals surface area contributed by atoms with Crippen LogP contribution < -0.4 is 5.32 Å². The van der Waals surface area contributed by atoms with Gasteiger partial charge in [-0.1, -0.05) is 13.8 Å². The van der Waals surface area contributed by atoms with E-state index in [-0.39, 0.29) is 5.54 Å². The number of ether oxygens (including phenoxy) is 1. The molecule has 1 atom stereocenters. The predicted octanol–water partition coefficient (Wildman–Crippen LogP) is 2.41. The van der Waals surface area contributed by atoms with Crippen LogP contribution in [0.15, 0.2) is 0 Å². The van der Waals surface area contributed by atoms with Gasteiger partial charge in [-0.05, 0) is 58.2 Å². The summed E-state index contributed by atoms with van der Waals surface area (Å²) in [6.45, 7) is 9.11. The summed E-state index contributed by atoms with van der Waals surface area (Å²) in [6.07, 6.45) is 5.28. The van der Waals surface area contributed by atoms with Crippen LogP contribution in [-0.2, 0) is 4.74 Å². The molecule has 20 heavy (non-hydrogen) atoms. The Labute approximate surface area is 124 Å². The molecular weight excluding hydrogens is 250 g/mol. The highest BCUT2D eigenvalue weighted by atomic mass is 16.5. The van der Waals surface area contributed by atoms with Crippen LogP contribution >= 0.6 is 0 Å². The van der Waals surface area contributed by atoms with Crippen LogP contribution in [0, 0.1) is 17.2 Å². The van der Waals surface area contributed by atoms with E-state index in [0.717, 1.165) is 58.0 Å². The van der Waals surface area contributed by atoms with Gasteiger partial charge < -0.3 is 9.64 Å². The van der Waals surface area contributed by atoms with Crippen molar-refractivity contribution in [2.75, 3.05) is 39.9 Å². The van der Waals surface area contributed by atoms with Crippen molar-refractivity contribution >= 4 is 0 Å². The van der Waals surface area contributed by atoms with Gasteiger partial charge in [0, 0.05) is 19.8 Å². The largest absolute Gasteiger partial charge is 0.381 e. The third-order valence-corrected chi connectivity index (χ3v) is 4.39. The highest BCUT2D eigenvalue weighted by Gasteiger charge is 2.26. The summed E-state index contributed by atoms with van der Waals surface area (Å²) in [5.41, 5.74) is -0.325. The Kier molecular flexibility index (Phi) is 8.13. The molecule has 1 unspecified atom stereocenters. The van der Waals surface area contributed by atoms with E-state index in [1.54, 1.807) is 0 Å². The fourth-order valence-electron chi connectivity index (χ4n) is 3.01. The Balaban J connectivity index is 2.25. The third-order valence-electron chi connectivity index (χ3n) is 4.39. The zero-order valence-corrected chi connectivity index (χ0v) is 13.5. The van der Waals surface area contributed by atoms with Gasteiger partial charge in [0.15, 0.2) is 0 Å². The van der Waals surface area contributed by atoms with Crippen LogP contribution in [0.3, 0.4) is 0 Å². The fourth-order valence-corrected chi connectivity index (χ4v) is 3.01. The molecule has 4 nitrogen and oxygen atoms in total. The number of nitrogens with one attached hydrogen (secondary N) is 1. The van der Waals surface area contributed by atoms with Crippen molar-refractivity contribution in [3.8, 4) is 6.07 Å². The smallest absolute Gasteiger partial charge is 0.106 e. The second-order valence-corrected chi connectivity index (χ2v) is 6.00. The molecule has 0 aromatic carbocycles. The van der Waals surface area contributed by atoms with Crippen molar-refractivity contribution in [2.45, 2.75) is 51.5 Å². The molecule has 0 radical (unpaired) electrons. The van der Waals surface area contributed by atoms with Gasteiger partial charge >= 0.3 is 0 Å². The highest BCUT2D eigenvalue weighted by molar-refractivity contribution is 5.05. The minimum absolute atomic E-state index is 0.325. The quantitative estimate of drug-likeness (QED) is 0.705. The topological polar surface area (TPSA) is 48.3 Å². The predicted molar refractivity (Wildman–Crippen MR) is 82.6 cm³/mol. The van der Waals surface area contributed by atoms with E-state index in [0.29, 0.717) is 0 Å². The number of hydrogen-bond acceptors (Lipinski definition) is 4. The monoisotopic (exact) mass is 281 g/mol. The molecule has 0 aliphatic carbocycles. The van der Waals surface area contributed by atoms with E-state index in [9.17, 15) is 5.26 Å². The summed E-state index contributed by atoms with van der Waals surface area (Å²) in [5.74, 6) is 0.786. The van der Waals surface area contributed by atoms with E-state index in [1.165, 1.54) is 12.8 Å². The first kappa shape index (κ1) is 17.4. The van der Waals surface area contributed by atoms with E-state index in [4.69, 9.17) is 4.74 Å². The summed E-state index contributed by atoms with van der Waals surface area (Å²) >= 11 is 0. The second kappa shape index (κ2) is 9.33. The Morgan fingerprint density at radius 1 is 1.35 bits per heavy atom. The van der Waals surface area contributed by atoms with Gasteiger partial charge in [-0.3, -0.25) is 5.32 Å². The second-order valence-electron chi connectivity index (χ2n) is 6.00. The molecule has 1 fully saturated rings. The highest BCUT2D eigenvalue weighted by Crippen LogP contribution is 2.18. The Hall–Kier alpha value is -0.630. The number of nitriles is 1. The van der Waals surface area contributed by atoms with Crippen LogP contribution in [0.5, 0.6) is 0 Å². The first-order valence-corrected chi connectivity index (χ1v) is 8.08. The fraction of sp³-hybridized carbons (Fsp3) is 0.938. The molecule has 1 rings (SSSR count). The molecule has 1 aliphatic rings. The van der Waals surface area contributed by atoms with E-state index >= 15 is 0 Å². The Bertz CT molecular complexity index is 297. The van der Waals surface area contributed by atoms with Gasteiger partial charge in [0.25, 0.3) is 0 Å². The zero-order valence-electron chi connectivity index (χ0n) is 13.5. The number of nitrogens with zero attached hydrogens (tertiary/aromatic N) is 2. The molecule has 1 saturated heterocycles. The average Bonchev–Trinajstić information content (AvgIpc) is 2.47. The summed E-state index contributed by atoms with van der Waals surface area (Å²) in [5, 5.41) is 12.7. The Morgan fingerprint density at radius 3 is 2.60 bits per heavy atom. The van der Waals surface area contributed by atoms with Gasteiger partial charge in [0.05, 0.1) is 6.07 Å². The molecule has 1 aliphatic heterocycles. The summed E-state index contributed by atoms with van der Waals surface area (Å²) in [4.78, 5) is 2.42. The van der Waals surface area contributed by atoms with Crippen LogP contribution in [0.25, 0.3) is 0 Å². The van der Waals surface area contributed by atoms with Gasteiger partial charge in [0.1, 0.15) is 5.54 Å². The van der Waals surface area contributed by atoms with Crippen molar-refractivity contribution < 1.29 is 4.74 Å². The molecular formula is C16H31N3O. The zero-order chi connectivity index (χ0) is 14.8. The van der Waals surface area contributed by atoms with Crippen LogP contribution in [0.4, 0.5) is 0 Å². The lowest BCUT2D eigenvalue weighted by Crippen LogP contribution is -2.43. The van der Waals surface area contributed by atoms with Gasteiger partial charge in [-0.15, -0.1) is 0 Å². The molecule has 116 valence electrons. The molecule has 1 N–H and O–H groups in total. The molecule has 1 heterocycles. The van der Waals surface area contributed by atoms with E-state index < -0.39 is 0 Å². The molecule has 0 aromatic heterocycles. The third kappa shape index (κ3) is 5.78. The van der Waals surface area contributed by atoms with Crippen molar-refractivity contribution in [2.24, 2.45) is 5.92 Å². The number of hydrogen-bond donors (Lipinski definition) is 1. The molecule has 0 aromatic rings. The van der Waals surface area contributed by atoms with Crippen LogP contribution in [0.1, 0.15) is 46.0 Å². The van der Waals surface area contributed by atoms with Gasteiger partial charge in [-0.25, -0.2) is 0 Å². The summed E-state index contributed by atoms with van der Waals surface area (Å²) in [7, 11) is 2.20. The lowest BCUT2D eigenvalue weighted by Gasteiger charge is -2.29. The summed E-state index contributed by atoms with van der Waals surface area (Å²) in [6, 6.07) is 2.48.